The van der Waals surface area contributed by atoms with Crippen LogP contribution in [0.15, 0.2) is 18.5 Å². The van der Waals surface area contributed by atoms with Crippen molar-refractivity contribution in [1.82, 2.24) is 4.98 Å². The van der Waals surface area contributed by atoms with Gasteiger partial charge >= 0.3 is 5.97 Å². The predicted molar refractivity (Wildman–Crippen MR) is 66.4 cm³/mol. The van der Waals surface area contributed by atoms with Gasteiger partial charge in [-0.05, 0) is 18.1 Å². The number of nitrogens with two attached hydrogens (primary N) is 1. The number of carbonyl (C=O) groups excluding carboxylic acids is 1. The van der Waals surface area contributed by atoms with Crippen molar-refractivity contribution < 1.29 is 13.9 Å². The Labute approximate surface area is 106 Å². The van der Waals surface area contributed by atoms with E-state index in [2.05, 4.69) is 9.72 Å². The SMILES string of the molecule is CCC(N)C(C)(CC(=O)OC)c1cncc(F)c1. The van der Waals surface area contributed by atoms with Crippen molar-refractivity contribution in [2.45, 2.75) is 38.1 Å². The first-order valence-corrected chi connectivity index (χ1v) is 5.87. The van der Waals surface area contributed by atoms with Crippen molar-refractivity contribution in [1.29, 1.82) is 0 Å². The summed E-state index contributed by atoms with van der Waals surface area (Å²) >= 11 is 0. The molecule has 0 aliphatic rings. The van der Waals surface area contributed by atoms with E-state index in [9.17, 15) is 9.18 Å². The fraction of sp³-hybridized carbons (Fsp3) is 0.538. The molecule has 5 heteroatoms. The van der Waals surface area contributed by atoms with Gasteiger partial charge in [0.15, 0.2) is 0 Å². The number of hydrogen-bond acceptors (Lipinski definition) is 4. The van der Waals surface area contributed by atoms with E-state index in [4.69, 9.17) is 5.73 Å². The van der Waals surface area contributed by atoms with Crippen LogP contribution in [-0.2, 0) is 14.9 Å². The normalized spacial score (nSPS) is 15.8. The molecule has 0 aliphatic carbocycles. The lowest BCUT2D eigenvalue weighted by atomic mass is 9.73. The molecule has 4 nitrogen and oxygen atoms in total. The van der Waals surface area contributed by atoms with Gasteiger partial charge in [-0.3, -0.25) is 9.78 Å². The summed E-state index contributed by atoms with van der Waals surface area (Å²) in [5, 5.41) is 0. The first kappa shape index (κ1) is 14.6. The van der Waals surface area contributed by atoms with Crippen LogP contribution in [0.5, 0.6) is 0 Å². The minimum Gasteiger partial charge on any atom is -0.469 e. The minimum atomic E-state index is -0.684. The molecule has 0 saturated heterocycles. The zero-order chi connectivity index (χ0) is 13.8. The quantitative estimate of drug-likeness (QED) is 0.813. The van der Waals surface area contributed by atoms with Crippen LogP contribution >= 0.6 is 0 Å². The second kappa shape index (κ2) is 5.91. The third-order valence-electron chi connectivity index (χ3n) is 3.36. The van der Waals surface area contributed by atoms with Gasteiger partial charge in [0.2, 0.25) is 0 Å². The van der Waals surface area contributed by atoms with Crippen molar-refractivity contribution in [2.75, 3.05) is 7.11 Å². The second-order valence-electron chi connectivity index (χ2n) is 4.58. The van der Waals surface area contributed by atoms with Crippen LogP contribution in [-0.4, -0.2) is 24.1 Å². The van der Waals surface area contributed by atoms with Crippen LogP contribution in [0.2, 0.25) is 0 Å². The summed E-state index contributed by atoms with van der Waals surface area (Å²) in [5.41, 5.74) is 6.01. The Hall–Kier alpha value is -1.49. The minimum absolute atomic E-state index is 0.101. The van der Waals surface area contributed by atoms with Crippen LogP contribution in [0.3, 0.4) is 0 Å². The average Bonchev–Trinajstić information content (AvgIpc) is 2.37. The number of pyridine rings is 1. The Morgan fingerprint density at radius 1 is 1.61 bits per heavy atom. The van der Waals surface area contributed by atoms with Gasteiger partial charge in [0.05, 0.1) is 19.7 Å². The second-order valence-corrected chi connectivity index (χ2v) is 4.58. The summed E-state index contributed by atoms with van der Waals surface area (Å²) in [6.45, 7) is 3.75. The van der Waals surface area contributed by atoms with Crippen LogP contribution in [0.25, 0.3) is 0 Å². The largest absolute Gasteiger partial charge is 0.469 e. The van der Waals surface area contributed by atoms with Gasteiger partial charge in [-0.2, -0.15) is 0 Å². The van der Waals surface area contributed by atoms with E-state index < -0.39 is 11.2 Å². The smallest absolute Gasteiger partial charge is 0.306 e. The Morgan fingerprint density at radius 2 is 2.28 bits per heavy atom. The summed E-state index contributed by atoms with van der Waals surface area (Å²) in [7, 11) is 1.32. The van der Waals surface area contributed by atoms with E-state index in [1.807, 2.05) is 13.8 Å². The molecule has 1 rings (SSSR count). The summed E-state index contributed by atoms with van der Waals surface area (Å²) in [4.78, 5) is 15.3. The van der Waals surface area contributed by atoms with E-state index in [0.717, 1.165) is 6.20 Å². The van der Waals surface area contributed by atoms with E-state index in [1.54, 1.807) is 6.20 Å². The highest BCUT2D eigenvalue weighted by atomic mass is 19.1. The first-order valence-electron chi connectivity index (χ1n) is 5.87. The van der Waals surface area contributed by atoms with Gasteiger partial charge in [-0.25, -0.2) is 4.39 Å². The maximum Gasteiger partial charge on any atom is 0.306 e. The van der Waals surface area contributed by atoms with Gasteiger partial charge in [-0.15, -0.1) is 0 Å². The topological polar surface area (TPSA) is 65.2 Å². The van der Waals surface area contributed by atoms with Crippen LogP contribution in [0.4, 0.5) is 4.39 Å². The molecule has 0 saturated carbocycles. The highest BCUT2D eigenvalue weighted by Crippen LogP contribution is 2.32. The van der Waals surface area contributed by atoms with Gasteiger partial charge < -0.3 is 10.5 Å². The molecule has 0 aliphatic heterocycles. The molecule has 0 fully saturated rings. The molecule has 2 N–H and O–H groups in total. The molecule has 0 spiro atoms. The number of aromatic nitrogens is 1. The number of carbonyl (C=O) groups is 1. The Kier molecular flexibility index (Phi) is 4.78. The van der Waals surface area contributed by atoms with E-state index >= 15 is 0 Å². The van der Waals surface area contributed by atoms with Crippen molar-refractivity contribution in [2.24, 2.45) is 5.73 Å². The van der Waals surface area contributed by atoms with Crippen molar-refractivity contribution >= 4 is 5.97 Å². The predicted octanol–water partition coefficient (Wildman–Crippen LogP) is 1.78. The lowest BCUT2D eigenvalue weighted by Crippen LogP contribution is -2.44. The van der Waals surface area contributed by atoms with E-state index in [0.29, 0.717) is 12.0 Å². The van der Waals surface area contributed by atoms with Gasteiger partial charge in [0.1, 0.15) is 5.82 Å². The van der Waals surface area contributed by atoms with Crippen molar-refractivity contribution in [3.8, 4) is 0 Å². The molecule has 0 radical (unpaired) electrons. The zero-order valence-corrected chi connectivity index (χ0v) is 10.9. The zero-order valence-electron chi connectivity index (χ0n) is 10.9. The summed E-state index contributed by atoms with van der Waals surface area (Å²) in [6, 6.07) is 1.09. The molecule has 2 atom stereocenters. The first-order chi connectivity index (χ1) is 8.43. The molecule has 1 aromatic rings. The van der Waals surface area contributed by atoms with E-state index in [1.165, 1.54) is 13.2 Å². The fourth-order valence-electron chi connectivity index (χ4n) is 1.99. The standard InChI is InChI=1S/C13H19FN2O2/c1-4-11(15)13(2,6-12(17)18-3)9-5-10(14)8-16-7-9/h5,7-8,11H,4,6,15H2,1-3H3. The number of methoxy groups -OCH3 is 1. The number of nitrogens with zero attached hydrogens (tertiary/aromatic N) is 1. The van der Waals surface area contributed by atoms with Crippen molar-refractivity contribution in [3.63, 3.8) is 0 Å². The molecule has 1 aromatic heterocycles. The highest BCUT2D eigenvalue weighted by molar-refractivity contribution is 5.71. The lowest BCUT2D eigenvalue weighted by Gasteiger charge is -2.34. The number of esters is 1. The number of ether oxygens (including phenoxy) is 1. The third-order valence-corrected chi connectivity index (χ3v) is 3.36. The van der Waals surface area contributed by atoms with Crippen LogP contribution < -0.4 is 5.73 Å². The maximum absolute atomic E-state index is 13.3. The number of hydrogen-bond donors (Lipinski definition) is 1. The molecule has 2 unspecified atom stereocenters. The third kappa shape index (κ3) is 3.04. The Balaban J connectivity index is 3.15. The van der Waals surface area contributed by atoms with Gasteiger partial charge in [0.25, 0.3) is 0 Å². The molecule has 0 bridgehead atoms. The van der Waals surface area contributed by atoms with Crippen LogP contribution in [0, 0.1) is 5.82 Å². The summed E-state index contributed by atoms with van der Waals surface area (Å²) in [5.74, 6) is -0.808. The molecular weight excluding hydrogens is 235 g/mol. The van der Waals surface area contributed by atoms with Crippen LogP contribution in [0.1, 0.15) is 32.3 Å². The average molecular weight is 254 g/mol. The number of rotatable bonds is 5. The highest BCUT2D eigenvalue weighted by Gasteiger charge is 2.36. The monoisotopic (exact) mass is 254 g/mol. The van der Waals surface area contributed by atoms with Gasteiger partial charge in [0, 0.05) is 17.7 Å². The van der Waals surface area contributed by atoms with Crippen molar-refractivity contribution in [3.05, 3.63) is 29.8 Å². The fourth-order valence-corrected chi connectivity index (χ4v) is 1.99. The maximum atomic E-state index is 13.3. The Morgan fingerprint density at radius 3 is 2.78 bits per heavy atom. The molecule has 18 heavy (non-hydrogen) atoms. The van der Waals surface area contributed by atoms with Gasteiger partial charge in [-0.1, -0.05) is 13.8 Å². The lowest BCUT2D eigenvalue weighted by molar-refractivity contribution is -0.142. The van der Waals surface area contributed by atoms with E-state index in [-0.39, 0.29) is 18.4 Å². The molecule has 0 aromatic carbocycles. The molecular formula is C13H19FN2O2. The summed E-state index contributed by atoms with van der Waals surface area (Å²) in [6.07, 6.45) is 3.44. The molecule has 100 valence electrons. The Bertz CT molecular complexity index is 425. The number of halogens is 1. The summed E-state index contributed by atoms with van der Waals surface area (Å²) < 4.78 is 17.9. The molecule has 0 amide bonds. The molecule has 1 heterocycles.